The number of aromatic nitrogens is 3. The molecule has 1 amide bonds. The van der Waals surface area contributed by atoms with Gasteiger partial charge in [0.15, 0.2) is 10.1 Å². The molecule has 0 spiro atoms. The van der Waals surface area contributed by atoms with Gasteiger partial charge in [-0.25, -0.2) is 4.98 Å². The van der Waals surface area contributed by atoms with Gasteiger partial charge in [-0.05, 0) is 38.5 Å². The van der Waals surface area contributed by atoms with Crippen LogP contribution in [0.1, 0.15) is 26.3 Å². The standard InChI is InChI=1S/C23H25N5O4S2/c1-4-30-14-11-16(31-5-2)20(17(12-14)32-6-3)21-27-28-23(34-21)26-19(29)10-13-7-8-15-18(9-13)33-22(24)25-15/h7-9,11-12H,4-6,10H2,1-3H3,(H2,24,25)(H,26,28,29). The van der Waals surface area contributed by atoms with Crippen LogP contribution in [0.2, 0.25) is 0 Å². The van der Waals surface area contributed by atoms with E-state index in [-0.39, 0.29) is 12.3 Å². The van der Waals surface area contributed by atoms with Crippen molar-refractivity contribution in [2.45, 2.75) is 27.2 Å². The van der Waals surface area contributed by atoms with E-state index in [2.05, 4.69) is 20.5 Å². The van der Waals surface area contributed by atoms with Gasteiger partial charge in [-0.2, -0.15) is 0 Å². The normalized spacial score (nSPS) is 10.9. The number of amides is 1. The molecule has 0 fully saturated rings. The minimum atomic E-state index is -0.193. The minimum absolute atomic E-state index is 0.193. The third kappa shape index (κ3) is 5.37. The molecule has 4 rings (SSSR count). The summed E-state index contributed by atoms with van der Waals surface area (Å²) >= 11 is 2.65. The predicted molar refractivity (Wildman–Crippen MR) is 135 cm³/mol. The third-order valence-corrected chi connectivity index (χ3v) is 6.37. The van der Waals surface area contributed by atoms with Crippen LogP contribution < -0.4 is 25.3 Å². The molecule has 9 nitrogen and oxygen atoms in total. The SMILES string of the molecule is CCOc1cc(OCC)c(-c2nnc(NC(=O)Cc3ccc4nc(N)sc4c3)s2)c(OCC)c1. The first-order chi connectivity index (χ1) is 16.5. The molecule has 34 heavy (non-hydrogen) atoms. The lowest BCUT2D eigenvalue weighted by Gasteiger charge is -2.15. The van der Waals surface area contributed by atoms with Crippen LogP contribution in [0.3, 0.4) is 0 Å². The van der Waals surface area contributed by atoms with Crippen molar-refractivity contribution >= 4 is 49.1 Å². The Morgan fingerprint density at radius 2 is 1.68 bits per heavy atom. The summed E-state index contributed by atoms with van der Waals surface area (Å²) in [6, 6.07) is 9.29. The quantitative estimate of drug-likeness (QED) is 0.320. The maximum atomic E-state index is 12.6. The van der Waals surface area contributed by atoms with Crippen molar-refractivity contribution < 1.29 is 19.0 Å². The number of nitrogens with zero attached hydrogens (tertiary/aromatic N) is 3. The summed E-state index contributed by atoms with van der Waals surface area (Å²) in [4.78, 5) is 16.9. The van der Waals surface area contributed by atoms with Crippen LogP contribution in [0.4, 0.5) is 10.3 Å². The van der Waals surface area contributed by atoms with Gasteiger partial charge in [0, 0.05) is 12.1 Å². The Morgan fingerprint density at radius 1 is 0.971 bits per heavy atom. The number of nitrogen functional groups attached to an aromatic ring is 1. The number of hydrogen-bond acceptors (Lipinski definition) is 10. The van der Waals surface area contributed by atoms with Crippen LogP contribution in [-0.2, 0) is 11.2 Å². The molecule has 0 aliphatic rings. The monoisotopic (exact) mass is 499 g/mol. The molecule has 0 aliphatic carbocycles. The third-order valence-electron chi connectivity index (χ3n) is 4.67. The summed E-state index contributed by atoms with van der Waals surface area (Å²) in [7, 11) is 0. The van der Waals surface area contributed by atoms with E-state index in [9.17, 15) is 4.79 Å². The largest absolute Gasteiger partial charge is 0.494 e. The van der Waals surface area contributed by atoms with Gasteiger partial charge in [0.1, 0.15) is 17.2 Å². The molecular formula is C23H25N5O4S2. The van der Waals surface area contributed by atoms with Gasteiger partial charge >= 0.3 is 0 Å². The average molecular weight is 500 g/mol. The summed E-state index contributed by atoms with van der Waals surface area (Å²) in [5.41, 5.74) is 8.13. The lowest BCUT2D eigenvalue weighted by atomic mass is 10.1. The fourth-order valence-corrected chi connectivity index (χ4v) is 5.00. The molecule has 3 N–H and O–H groups in total. The molecule has 2 aromatic heterocycles. The highest BCUT2D eigenvalue weighted by molar-refractivity contribution is 7.22. The van der Waals surface area contributed by atoms with Crippen molar-refractivity contribution in [3.63, 3.8) is 0 Å². The van der Waals surface area contributed by atoms with Crippen molar-refractivity contribution in [3.8, 4) is 27.8 Å². The number of benzene rings is 2. The number of ether oxygens (including phenoxy) is 3. The molecule has 0 radical (unpaired) electrons. The second-order valence-electron chi connectivity index (χ2n) is 7.09. The van der Waals surface area contributed by atoms with Gasteiger partial charge in [-0.1, -0.05) is 28.7 Å². The van der Waals surface area contributed by atoms with Crippen molar-refractivity contribution in [3.05, 3.63) is 35.9 Å². The smallest absolute Gasteiger partial charge is 0.230 e. The lowest BCUT2D eigenvalue weighted by molar-refractivity contribution is -0.115. The Hall–Kier alpha value is -3.44. The molecular weight excluding hydrogens is 474 g/mol. The number of carbonyl (C=O) groups excluding carboxylic acids is 1. The molecule has 0 unspecified atom stereocenters. The second-order valence-corrected chi connectivity index (χ2v) is 9.12. The van der Waals surface area contributed by atoms with Crippen LogP contribution in [0.5, 0.6) is 17.2 Å². The number of anilines is 2. The minimum Gasteiger partial charge on any atom is -0.494 e. The van der Waals surface area contributed by atoms with E-state index in [1.807, 2.05) is 51.1 Å². The molecule has 4 aromatic rings. The number of hydrogen-bond donors (Lipinski definition) is 2. The second kappa shape index (κ2) is 10.7. The fourth-order valence-electron chi connectivity index (χ4n) is 3.39. The maximum absolute atomic E-state index is 12.6. The number of carbonyl (C=O) groups is 1. The highest BCUT2D eigenvalue weighted by Gasteiger charge is 2.21. The highest BCUT2D eigenvalue weighted by Crippen LogP contribution is 2.44. The molecule has 0 bridgehead atoms. The fraction of sp³-hybridized carbons (Fsp3) is 0.304. The molecule has 0 atom stereocenters. The topological polar surface area (TPSA) is 121 Å². The number of thiazole rings is 1. The van der Waals surface area contributed by atoms with E-state index in [4.69, 9.17) is 19.9 Å². The molecule has 0 saturated heterocycles. The van der Waals surface area contributed by atoms with Crippen LogP contribution in [0.25, 0.3) is 20.8 Å². The number of nitrogens with one attached hydrogen (secondary N) is 1. The van der Waals surface area contributed by atoms with Crippen molar-refractivity contribution in [2.24, 2.45) is 0 Å². The van der Waals surface area contributed by atoms with Crippen LogP contribution in [-0.4, -0.2) is 40.9 Å². The average Bonchev–Trinajstić information content (AvgIpc) is 3.39. The van der Waals surface area contributed by atoms with E-state index >= 15 is 0 Å². The highest BCUT2D eigenvalue weighted by atomic mass is 32.1. The zero-order chi connectivity index (χ0) is 24.1. The van der Waals surface area contributed by atoms with E-state index < -0.39 is 0 Å². The summed E-state index contributed by atoms with van der Waals surface area (Å²) < 4.78 is 18.3. The predicted octanol–water partition coefficient (Wildman–Crippen LogP) is 4.77. The molecule has 0 saturated carbocycles. The first-order valence-corrected chi connectivity index (χ1v) is 12.5. The van der Waals surface area contributed by atoms with Gasteiger partial charge in [0.05, 0.1) is 42.0 Å². The van der Waals surface area contributed by atoms with Crippen molar-refractivity contribution in [2.75, 3.05) is 30.9 Å². The van der Waals surface area contributed by atoms with Crippen LogP contribution in [0, 0.1) is 0 Å². The van der Waals surface area contributed by atoms with Gasteiger partial charge in [-0.15, -0.1) is 10.2 Å². The number of nitrogens with two attached hydrogens (primary N) is 1. The lowest BCUT2D eigenvalue weighted by Crippen LogP contribution is -2.14. The van der Waals surface area contributed by atoms with Gasteiger partial charge in [-0.3, -0.25) is 4.79 Å². The van der Waals surface area contributed by atoms with Gasteiger partial charge in [0.2, 0.25) is 11.0 Å². The summed E-state index contributed by atoms with van der Waals surface area (Å²) in [6.07, 6.45) is 0.195. The Morgan fingerprint density at radius 3 is 2.35 bits per heavy atom. The van der Waals surface area contributed by atoms with Crippen LogP contribution in [0.15, 0.2) is 30.3 Å². The number of fused-ring (bicyclic) bond motifs is 1. The molecule has 178 valence electrons. The van der Waals surface area contributed by atoms with E-state index in [1.54, 1.807) is 0 Å². The van der Waals surface area contributed by atoms with Gasteiger partial charge in [0.25, 0.3) is 0 Å². The maximum Gasteiger partial charge on any atom is 0.230 e. The van der Waals surface area contributed by atoms with E-state index in [0.29, 0.717) is 57.9 Å². The molecule has 0 aliphatic heterocycles. The first kappa shape index (κ1) is 23.7. The first-order valence-electron chi connectivity index (χ1n) is 10.9. The number of rotatable bonds is 10. The Balaban J connectivity index is 1.55. The Labute approximate surface area is 204 Å². The molecule has 2 aromatic carbocycles. The molecule has 11 heteroatoms. The summed E-state index contributed by atoms with van der Waals surface area (Å²) in [5.74, 6) is 1.63. The van der Waals surface area contributed by atoms with Crippen LogP contribution >= 0.6 is 22.7 Å². The van der Waals surface area contributed by atoms with Gasteiger partial charge < -0.3 is 25.3 Å². The Kier molecular flexibility index (Phi) is 7.43. The summed E-state index contributed by atoms with van der Waals surface area (Å²) in [5, 5.41) is 12.7. The van der Waals surface area contributed by atoms with Crippen molar-refractivity contribution in [1.29, 1.82) is 0 Å². The zero-order valence-corrected chi connectivity index (χ0v) is 20.7. The van der Waals surface area contributed by atoms with E-state index in [1.165, 1.54) is 22.7 Å². The van der Waals surface area contributed by atoms with Crippen molar-refractivity contribution in [1.82, 2.24) is 15.2 Å². The summed E-state index contributed by atoms with van der Waals surface area (Å²) in [6.45, 7) is 7.18. The Bertz CT molecular complexity index is 1280. The van der Waals surface area contributed by atoms with E-state index in [0.717, 1.165) is 15.8 Å². The zero-order valence-electron chi connectivity index (χ0n) is 19.1. The molecule has 2 heterocycles.